The number of nitrogens with zero attached hydrogens (tertiary/aromatic N) is 3. The predicted molar refractivity (Wildman–Crippen MR) is 111 cm³/mol. The number of nitrogens with one attached hydrogen (secondary N) is 1. The van der Waals surface area contributed by atoms with Gasteiger partial charge in [0.15, 0.2) is 10.9 Å². The van der Waals surface area contributed by atoms with Crippen LogP contribution < -0.4 is 10.1 Å². The van der Waals surface area contributed by atoms with E-state index in [0.717, 1.165) is 37.2 Å². The topological polar surface area (TPSA) is 76.6 Å². The zero-order valence-electron chi connectivity index (χ0n) is 15.0. The molecule has 28 heavy (non-hydrogen) atoms. The molecule has 2 aromatic rings. The van der Waals surface area contributed by atoms with Gasteiger partial charge in [0.2, 0.25) is 5.13 Å². The number of morpholine rings is 1. The van der Waals surface area contributed by atoms with E-state index in [1.165, 1.54) is 23.1 Å². The van der Waals surface area contributed by atoms with Gasteiger partial charge in [-0.3, -0.25) is 15.0 Å². The number of amides is 1. The van der Waals surface area contributed by atoms with E-state index in [0.29, 0.717) is 21.7 Å². The molecular formula is C18H19ClN4O3S2. The van der Waals surface area contributed by atoms with Crippen LogP contribution in [0.25, 0.3) is 0 Å². The Bertz CT molecular complexity index is 829. The Morgan fingerprint density at radius 3 is 2.86 bits per heavy atom. The van der Waals surface area contributed by atoms with Crippen LogP contribution in [0.5, 0.6) is 5.75 Å². The first-order valence-corrected chi connectivity index (χ1v) is 10.8. The normalized spacial score (nSPS) is 14.2. The van der Waals surface area contributed by atoms with Crippen molar-refractivity contribution in [3.05, 3.63) is 29.3 Å². The SMILES string of the molecule is O=C(COc1ccc(Cl)cc1)Nc1nnc(SCC#CCN2CCOCC2)s1. The minimum absolute atomic E-state index is 0.114. The Balaban J connectivity index is 1.35. The maximum absolute atomic E-state index is 11.9. The summed E-state index contributed by atoms with van der Waals surface area (Å²) < 4.78 is 11.5. The number of halogens is 1. The van der Waals surface area contributed by atoms with Gasteiger partial charge < -0.3 is 9.47 Å². The molecule has 1 aromatic carbocycles. The van der Waals surface area contributed by atoms with E-state index < -0.39 is 0 Å². The fraction of sp³-hybridized carbons (Fsp3) is 0.389. The number of hydrogen-bond acceptors (Lipinski definition) is 8. The maximum Gasteiger partial charge on any atom is 0.264 e. The first-order valence-electron chi connectivity index (χ1n) is 8.59. The third-order valence-corrected chi connectivity index (χ3v) is 5.74. The van der Waals surface area contributed by atoms with Crippen molar-refractivity contribution in [1.82, 2.24) is 15.1 Å². The van der Waals surface area contributed by atoms with Crippen LogP contribution >= 0.6 is 34.7 Å². The second-order valence-electron chi connectivity index (χ2n) is 5.69. The minimum atomic E-state index is -0.298. The number of carbonyl (C=O) groups excluding carboxylic acids is 1. The summed E-state index contributed by atoms with van der Waals surface area (Å²) in [5, 5.41) is 11.7. The zero-order valence-corrected chi connectivity index (χ0v) is 17.4. The molecule has 1 saturated heterocycles. The Hall–Kier alpha value is -1.83. The molecule has 3 rings (SSSR count). The molecule has 0 spiro atoms. The summed E-state index contributed by atoms with van der Waals surface area (Å²) in [4.78, 5) is 14.2. The molecule has 1 fully saturated rings. The van der Waals surface area contributed by atoms with Crippen LogP contribution in [0.1, 0.15) is 0 Å². The molecule has 1 amide bonds. The quantitative estimate of drug-likeness (QED) is 0.404. The summed E-state index contributed by atoms with van der Waals surface area (Å²) in [5.41, 5.74) is 0. The zero-order chi connectivity index (χ0) is 19.6. The number of rotatable bonds is 7. The molecule has 1 N–H and O–H groups in total. The number of thioether (sulfide) groups is 1. The number of hydrogen-bond donors (Lipinski definition) is 1. The average Bonchev–Trinajstić information content (AvgIpc) is 3.15. The maximum atomic E-state index is 11.9. The Labute approximate surface area is 176 Å². The van der Waals surface area contributed by atoms with E-state index in [1.54, 1.807) is 24.3 Å². The lowest BCUT2D eigenvalue weighted by Gasteiger charge is -2.24. The fourth-order valence-electron chi connectivity index (χ4n) is 2.23. The molecule has 148 valence electrons. The van der Waals surface area contributed by atoms with Gasteiger partial charge in [0, 0.05) is 18.1 Å². The third kappa shape index (κ3) is 7.30. The van der Waals surface area contributed by atoms with Crippen LogP contribution in [0.3, 0.4) is 0 Å². The van der Waals surface area contributed by atoms with E-state index in [9.17, 15) is 4.79 Å². The first-order chi connectivity index (χ1) is 13.7. The van der Waals surface area contributed by atoms with Gasteiger partial charge in [-0.05, 0) is 24.3 Å². The Morgan fingerprint density at radius 2 is 2.07 bits per heavy atom. The summed E-state index contributed by atoms with van der Waals surface area (Å²) >= 11 is 8.62. The van der Waals surface area contributed by atoms with Gasteiger partial charge in [-0.15, -0.1) is 10.2 Å². The molecule has 0 aliphatic carbocycles. The number of ether oxygens (including phenoxy) is 2. The molecular weight excluding hydrogens is 420 g/mol. The summed E-state index contributed by atoms with van der Waals surface area (Å²) in [6.45, 7) is 4.07. The standard InChI is InChI=1S/C18H19ClN4O3S2/c19-14-3-5-15(6-4-14)26-13-16(24)20-17-21-22-18(28-17)27-12-2-1-7-23-8-10-25-11-9-23/h3-6H,7-13H2,(H,20,21,24). The number of aromatic nitrogens is 2. The van der Waals surface area contributed by atoms with Crippen LogP contribution in [-0.4, -0.2) is 66.2 Å². The Kier molecular flexibility index (Phi) is 8.39. The molecule has 0 bridgehead atoms. The van der Waals surface area contributed by atoms with Crippen LogP contribution in [0.2, 0.25) is 5.02 Å². The van der Waals surface area contributed by atoms with Crippen molar-refractivity contribution in [2.45, 2.75) is 4.34 Å². The van der Waals surface area contributed by atoms with Gasteiger partial charge in [0.1, 0.15) is 5.75 Å². The second kappa shape index (κ2) is 11.2. The smallest absolute Gasteiger partial charge is 0.264 e. The first kappa shape index (κ1) is 20.9. The molecule has 2 heterocycles. The van der Waals surface area contributed by atoms with Gasteiger partial charge in [0.05, 0.1) is 25.5 Å². The van der Waals surface area contributed by atoms with Crippen LogP contribution in [-0.2, 0) is 9.53 Å². The molecule has 10 heteroatoms. The van der Waals surface area contributed by atoms with Crippen molar-refractivity contribution >= 4 is 45.7 Å². The molecule has 0 radical (unpaired) electrons. The van der Waals surface area contributed by atoms with Crippen molar-refractivity contribution in [3.8, 4) is 17.6 Å². The summed E-state index contributed by atoms with van der Waals surface area (Å²) in [6.07, 6.45) is 0. The summed E-state index contributed by atoms with van der Waals surface area (Å²) in [5.74, 6) is 7.19. The van der Waals surface area contributed by atoms with Crippen LogP contribution in [0.4, 0.5) is 5.13 Å². The minimum Gasteiger partial charge on any atom is -0.484 e. The molecule has 0 atom stereocenters. The van der Waals surface area contributed by atoms with E-state index in [2.05, 4.69) is 32.3 Å². The highest BCUT2D eigenvalue weighted by Crippen LogP contribution is 2.25. The second-order valence-corrected chi connectivity index (χ2v) is 8.33. The number of benzene rings is 1. The summed E-state index contributed by atoms with van der Waals surface area (Å²) in [6, 6.07) is 6.81. The molecule has 1 aromatic heterocycles. The largest absolute Gasteiger partial charge is 0.484 e. The predicted octanol–water partition coefficient (Wildman–Crippen LogP) is 2.64. The Morgan fingerprint density at radius 1 is 1.29 bits per heavy atom. The molecule has 1 aliphatic heterocycles. The lowest BCUT2D eigenvalue weighted by Crippen LogP contribution is -2.36. The van der Waals surface area contributed by atoms with Crippen LogP contribution in [0, 0.1) is 11.8 Å². The van der Waals surface area contributed by atoms with Crippen molar-refractivity contribution in [1.29, 1.82) is 0 Å². The van der Waals surface area contributed by atoms with Gasteiger partial charge in [0.25, 0.3) is 5.91 Å². The average molecular weight is 439 g/mol. The molecule has 1 aliphatic rings. The number of carbonyl (C=O) groups is 1. The third-order valence-electron chi connectivity index (χ3n) is 3.64. The molecule has 0 saturated carbocycles. The monoisotopic (exact) mass is 438 g/mol. The van der Waals surface area contributed by atoms with Crippen molar-refractivity contribution in [2.24, 2.45) is 0 Å². The van der Waals surface area contributed by atoms with Gasteiger partial charge >= 0.3 is 0 Å². The van der Waals surface area contributed by atoms with E-state index in [1.807, 2.05) is 0 Å². The highest BCUT2D eigenvalue weighted by atomic mass is 35.5. The van der Waals surface area contributed by atoms with E-state index >= 15 is 0 Å². The summed E-state index contributed by atoms with van der Waals surface area (Å²) in [7, 11) is 0. The van der Waals surface area contributed by atoms with Crippen molar-refractivity contribution < 1.29 is 14.3 Å². The van der Waals surface area contributed by atoms with E-state index in [-0.39, 0.29) is 12.5 Å². The van der Waals surface area contributed by atoms with E-state index in [4.69, 9.17) is 21.1 Å². The molecule has 0 unspecified atom stereocenters. The van der Waals surface area contributed by atoms with Gasteiger partial charge in [-0.25, -0.2) is 0 Å². The highest BCUT2D eigenvalue weighted by molar-refractivity contribution is 8.01. The molecule has 7 nitrogen and oxygen atoms in total. The van der Waals surface area contributed by atoms with Crippen molar-refractivity contribution in [3.63, 3.8) is 0 Å². The number of anilines is 1. The lowest BCUT2D eigenvalue weighted by molar-refractivity contribution is -0.118. The lowest BCUT2D eigenvalue weighted by atomic mass is 10.3. The fourth-order valence-corrected chi connectivity index (χ4v) is 3.89. The van der Waals surface area contributed by atoms with Gasteiger partial charge in [-0.1, -0.05) is 46.5 Å². The van der Waals surface area contributed by atoms with Crippen LogP contribution in [0.15, 0.2) is 28.6 Å². The highest BCUT2D eigenvalue weighted by Gasteiger charge is 2.10. The van der Waals surface area contributed by atoms with Crippen molar-refractivity contribution in [2.75, 3.05) is 50.5 Å². The van der Waals surface area contributed by atoms with Gasteiger partial charge in [-0.2, -0.15) is 0 Å².